The lowest BCUT2D eigenvalue weighted by molar-refractivity contribution is -0.137. The second-order valence-corrected chi connectivity index (χ2v) is 4.44. The van der Waals surface area contributed by atoms with E-state index in [4.69, 9.17) is 5.11 Å². The summed E-state index contributed by atoms with van der Waals surface area (Å²) in [5.74, 6) is -0.451. The van der Waals surface area contributed by atoms with E-state index < -0.39 is 5.97 Å². The van der Waals surface area contributed by atoms with Gasteiger partial charge in [-0.05, 0) is 18.9 Å². The number of fused-ring (bicyclic) bond motifs is 1. The van der Waals surface area contributed by atoms with Gasteiger partial charge in [0.15, 0.2) is 5.88 Å². The fourth-order valence-electron chi connectivity index (χ4n) is 2.10. The lowest BCUT2D eigenvalue weighted by Crippen LogP contribution is -1.97. The molecule has 4 nitrogen and oxygen atoms in total. The molecule has 0 unspecified atom stereocenters. The molecule has 0 aliphatic rings. The summed E-state index contributed by atoms with van der Waals surface area (Å²) >= 11 is 0. The predicted molar refractivity (Wildman–Crippen MR) is 69.7 cm³/mol. The number of hydrogen-bond donors (Lipinski definition) is 2. The normalized spacial score (nSPS) is 10.9. The zero-order valence-corrected chi connectivity index (χ0v) is 10.2. The van der Waals surface area contributed by atoms with Crippen LogP contribution in [0.5, 0.6) is 5.88 Å². The zero-order valence-electron chi connectivity index (χ0n) is 10.2. The first-order chi connectivity index (χ1) is 8.68. The molecule has 2 rings (SSSR count). The summed E-state index contributed by atoms with van der Waals surface area (Å²) in [7, 11) is 0. The van der Waals surface area contributed by atoms with Crippen LogP contribution in [0.4, 0.5) is 0 Å². The summed E-state index contributed by atoms with van der Waals surface area (Å²) in [6.07, 6.45) is 4.58. The average Bonchev–Trinajstić information content (AvgIpc) is 2.66. The van der Waals surface area contributed by atoms with Crippen molar-refractivity contribution in [1.29, 1.82) is 0 Å². The van der Waals surface area contributed by atoms with Crippen molar-refractivity contribution in [3.8, 4) is 5.88 Å². The van der Waals surface area contributed by atoms with Crippen LogP contribution in [0, 0.1) is 0 Å². The van der Waals surface area contributed by atoms with Crippen molar-refractivity contribution in [3.05, 3.63) is 30.5 Å². The molecule has 0 aliphatic heterocycles. The summed E-state index contributed by atoms with van der Waals surface area (Å²) in [4.78, 5) is 10.4. The first-order valence-corrected chi connectivity index (χ1v) is 6.17. The lowest BCUT2D eigenvalue weighted by Gasteiger charge is -2.04. The number of aryl methyl sites for hydroxylation is 1. The van der Waals surface area contributed by atoms with E-state index in [1.807, 2.05) is 35.0 Å². The highest BCUT2D eigenvalue weighted by Crippen LogP contribution is 2.26. The van der Waals surface area contributed by atoms with Crippen molar-refractivity contribution in [2.24, 2.45) is 0 Å². The van der Waals surface area contributed by atoms with Crippen molar-refractivity contribution in [2.75, 3.05) is 0 Å². The quantitative estimate of drug-likeness (QED) is 0.771. The number of carboxylic acids is 1. The van der Waals surface area contributed by atoms with Crippen LogP contribution in [0.1, 0.15) is 25.7 Å². The third kappa shape index (κ3) is 2.83. The Morgan fingerprint density at radius 1 is 1.17 bits per heavy atom. The Balaban J connectivity index is 1.91. The number of aromatic nitrogens is 1. The highest BCUT2D eigenvalue weighted by molar-refractivity contribution is 5.87. The number of hydrogen-bond acceptors (Lipinski definition) is 2. The molecule has 1 aromatic heterocycles. The minimum atomic E-state index is -0.746. The van der Waals surface area contributed by atoms with Gasteiger partial charge in [-0.2, -0.15) is 0 Å². The average molecular weight is 247 g/mol. The van der Waals surface area contributed by atoms with Gasteiger partial charge < -0.3 is 14.8 Å². The fraction of sp³-hybridized carbons (Fsp3) is 0.357. The van der Waals surface area contributed by atoms with Gasteiger partial charge in [-0.1, -0.05) is 24.6 Å². The number of benzene rings is 1. The number of rotatable bonds is 6. The summed E-state index contributed by atoms with van der Waals surface area (Å²) in [5.41, 5.74) is 0. The number of nitrogens with zero attached hydrogens (tertiary/aromatic N) is 1. The maximum atomic E-state index is 10.4. The first kappa shape index (κ1) is 12.5. The highest BCUT2D eigenvalue weighted by atomic mass is 16.4. The van der Waals surface area contributed by atoms with E-state index in [-0.39, 0.29) is 6.42 Å². The summed E-state index contributed by atoms with van der Waals surface area (Å²) in [5, 5.41) is 20.4. The number of aromatic hydroxyl groups is 1. The van der Waals surface area contributed by atoms with Gasteiger partial charge in [0.1, 0.15) is 0 Å². The Morgan fingerprint density at radius 3 is 2.67 bits per heavy atom. The molecule has 96 valence electrons. The highest BCUT2D eigenvalue weighted by Gasteiger charge is 2.06. The molecule has 0 saturated heterocycles. The van der Waals surface area contributed by atoms with Crippen LogP contribution in [0.2, 0.25) is 0 Å². The largest absolute Gasteiger partial charge is 0.494 e. The van der Waals surface area contributed by atoms with Gasteiger partial charge in [-0.15, -0.1) is 0 Å². The Bertz CT molecular complexity index is 545. The van der Waals surface area contributed by atoms with Gasteiger partial charge in [-0.25, -0.2) is 0 Å². The van der Waals surface area contributed by atoms with Gasteiger partial charge in [-0.3, -0.25) is 4.79 Å². The van der Waals surface area contributed by atoms with E-state index in [1.165, 1.54) is 0 Å². The number of carboxylic acid groups (broad SMARTS) is 1. The van der Waals surface area contributed by atoms with Crippen molar-refractivity contribution in [1.82, 2.24) is 4.57 Å². The predicted octanol–water partition coefficient (Wildman–Crippen LogP) is 2.99. The molecule has 4 heteroatoms. The van der Waals surface area contributed by atoms with Gasteiger partial charge in [0.25, 0.3) is 0 Å². The maximum Gasteiger partial charge on any atom is 0.303 e. The van der Waals surface area contributed by atoms with Crippen LogP contribution in [0.3, 0.4) is 0 Å². The molecule has 0 aliphatic carbocycles. The standard InChI is InChI=1S/C14H17NO3/c16-13(17)8-2-1-5-9-15-10-11-6-3-4-7-12(11)14(15)18/h3-4,6-7,10,18H,1-2,5,8-9H2,(H,16,17). The van der Waals surface area contributed by atoms with Crippen LogP contribution in [0.25, 0.3) is 10.8 Å². The van der Waals surface area contributed by atoms with Crippen molar-refractivity contribution >= 4 is 16.7 Å². The molecule has 1 aromatic carbocycles. The fourth-order valence-corrected chi connectivity index (χ4v) is 2.10. The second-order valence-electron chi connectivity index (χ2n) is 4.44. The Hall–Kier alpha value is -1.97. The van der Waals surface area contributed by atoms with E-state index in [1.54, 1.807) is 0 Å². The molecular weight excluding hydrogens is 230 g/mol. The third-order valence-electron chi connectivity index (χ3n) is 3.06. The number of unbranched alkanes of at least 4 members (excludes halogenated alkanes) is 2. The molecule has 0 fully saturated rings. The Labute approximate surface area is 105 Å². The first-order valence-electron chi connectivity index (χ1n) is 6.17. The van der Waals surface area contributed by atoms with Crippen LogP contribution in [-0.2, 0) is 11.3 Å². The molecule has 2 aromatic rings. The molecule has 0 saturated carbocycles. The van der Waals surface area contributed by atoms with Crippen LogP contribution < -0.4 is 0 Å². The van der Waals surface area contributed by atoms with E-state index in [0.717, 1.165) is 30.2 Å². The topological polar surface area (TPSA) is 62.5 Å². The molecule has 18 heavy (non-hydrogen) atoms. The molecular formula is C14H17NO3. The molecule has 2 N–H and O–H groups in total. The summed E-state index contributed by atoms with van der Waals surface area (Å²) in [6, 6.07) is 7.71. The third-order valence-corrected chi connectivity index (χ3v) is 3.06. The summed E-state index contributed by atoms with van der Waals surface area (Å²) in [6.45, 7) is 0.722. The van der Waals surface area contributed by atoms with Gasteiger partial charge in [0.2, 0.25) is 0 Å². The molecule has 0 spiro atoms. The molecule has 0 atom stereocenters. The van der Waals surface area contributed by atoms with E-state index in [2.05, 4.69) is 0 Å². The van der Waals surface area contributed by atoms with E-state index in [9.17, 15) is 9.90 Å². The van der Waals surface area contributed by atoms with Crippen LogP contribution >= 0.6 is 0 Å². The molecule has 0 bridgehead atoms. The zero-order chi connectivity index (χ0) is 13.0. The number of aliphatic carboxylic acids is 1. The van der Waals surface area contributed by atoms with Crippen molar-refractivity contribution < 1.29 is 15.0 Å². The SMILES string of the molecule is O=C(O)CCCCCn1cc2ccccc2c1O. The molecule has 0 amide bonds. The second kappa shape index (κ2) is 5.58. The molecule has 1 heterocycles. The lowest BCUT2D eigenvalue weighted by atomic mass is 10.2. The van der Waals surface area contributed by atoms with E-state index >= 15 is 0 Å². The summed E-state index contributed by atoms with van der Waals surface area (Å²) < 4.78 is 1.82. The maximum absolute atomic E-state index is 10.4. The van der Waals surface area contributed by atoms with Crippen LogP contribution in [-0.4, -0.2) is 20.7 Å². The van der Waals surface area contributed by atoms with Crippen molar-refractivity contribution in [3.63, 3.8) is 0 Å². The minimum Gasteiger partial charge on any atom is -0.494 e. The molecule has 0 radical (unpaired) electrons. The number of carbonyl (C=O) groups is 1. The Morgan fingerprint density at radius 2 is 1.94 bits per heavy atom. The smallest absolute Gasteiger partial charge is 0.303 e. The van der Waals surface area contributed by atoms with Crippen molar-refractivity contribution in [2.45, 2.75) is 32.2 Å². The van der Waals surface area contributed by atoms with E-state index in [0.29, 0.717) is 12.3 Å². The van der Waals surface area contributed by atoms with Gasteiger partial charge >= 0.3 is 5.97 Å². The van der Waals surface area contributed by atoms with Gasteiger partial charge in [0, 0.05) is 29.9 Å². The Kier molecular flexibility index (Phi) is 3.87. The monoisotopic (exact) mass is 247 g/mol. The van der Waals surface area contributed by atoms with Crippen LogP contribution in [0.15, 0.2) is 30.5 Å². The minimum absolute atomic E-state index is 0.222. The van der Waals surface area contributed by atoms with Gasteiger partial charge in [0.05, 0.1) is 0 Å².